The normalized spacial score (nSPS) is 13.6. The van der Waals surface area contributed by atoms with Gasteiger partial charge in [-0.05, 0) is 16.9 Å². The molecule has 0 atom stereocenters. The monoisotopic (exact) mass is 236 g/mol. The summed E-state index contributed by atoms with van der Waals surface area (Å²) in [5.74, 6) is 0. The second-order valence-electron chi connectivity index (χ2n) is 6.42. The van der Waals surface area contributed by atoms with Crippen molar-refractivity contribution >= 4 is 21.6 Å². The van der Waals surface area contributed by atoms with E-state index in [9.17, 15) is 0 Å². The van der Waals surface area contributed by atoms with E-state index in [0.717, 1.165) is 5.58 Å². The molecule has 0 aliphatic carbocycles. The zero-order chi connectivity index (χ0) is 12.1. The van der Waals surface area contributed by atoms with Crippen molar-refractivity contribution in [1.82, 2.24) is 0 Å². The van der Waals surface area contributed by atoms with Crippen LogP contribution in [0.25, 0.3) is 10.3 Å². The molecule has 2 aromatic rings. The lowest BCUT2D eigenvalue weighted by Crippen LogP contribution is -2.19. The van der Waals surface area contributed by atoms with Crippen LogP contribution < -0.4 is 0 Å². The van der Waals surface area contributed by atoms with Crippen LogP contribution in [0, 0.1) is 0 Å². The Balaban J connectivity index is 2.79. The van der Waals surface area contributed by atoms with Crippen molar-refractivity contribution in [3.05, 3.63) is 22.8 Å². The third kappa shape index (κ3) is 1.80. The molecule has 0 bridgehead atoms. The number of furan rings is 1. The Morgan fingerprint density at radius 1 is 1.00 bits per heavy atom. The molecule has 88 valence electrons. The van der Waals surface area contributed by atoms with Crippen molar-refractivity contribution in [2.75, 3.05) is 0 Å². The van der Waals surface area contributed by atoms with E-state index in [2.05, 4.69) is 47.6 Å². The number of hydrogen-bond donors (Lipinski definition) is 0. The largest absolute Gasteiger partial charge is 0.463 e. The van der Waals surface area contributed by atoms with Gasteiger partial charge in [0.1, 0.15) is 5.58 Å². The van der Waals surface area contributed by atoms with Gasteiger partial charge in [0.05, 0.1) is 11.0 Å². The van der Waals surface area contributed by atoms with Crippen molar-refractivity contribution in [3.8, 4) is 0 Å². The van der Waals surface area contributed by atoms with Gasteiger partial charge in [0, 0.05) is 10.4 Å². The molecule has 0 amide bonds. The molecule has 0 saturated heterocycles. The van der Waals surface area contributed by atoms with Gasteiger partial charge in [-0.3, -0.25) is 0 Å². The highest BCUT2D eigenvalue weighted by Crippen LogP contribution is 2.44. The van der Waals surface area contributed by atoms with Crippen LogP contribution in [0.1, 0.15) is 52.0 Å². The molecule has 0 aromatic carbocycles. The van der Waals surface area contributed by atoms with E-state index in [1.807, 2.05) is 11.3 Å². The molecular formula is C14H20OS. The number of rotatable bonds is 0. The van der Waals surface area contributed by atoms with Crippen LogP contribution in [0.2, 0.25) is 0 Å². The zero-order valence-corrected chi connectivity index (χ0v) is 11.8. The predicted octanol–water partition coefficient (Wildman–Crippen LogP) is 5.09. The fourth-order valence-corrected chi connectivity index (χ4v) is 3.43. The summed E-state index contributed by atoms with van der Waals surface area (Å²) in [6.07, 6.45) is 1.79. The minimum absolute atomic E-state index is 0.138. The van der Waals surface area contributed by atoms with E-state index in [1.54, 1.807) is 6.26 Å². The second-order valence-corrected chi connectivity index (χ2v) is 7.47. The van der Waals surface area contributed by atoms with Crippen LogP contribution in [0.15, 0.2) is 16.7 Å². The highest BCUT2D eigenvalue weighted by Gasteiger charge is 2.31. The minimum Gasteiger partial charge on any atom is -0.463 e. The molecule has 2 aromatic heterocycles. The van der Waals surface area contributed by atoms with Gasteiger partial charge in [-0.1, -0.05) is 41.5 Å². The van der Waals surface area contributed by atoms with Gasteiger partial charge >= 0.3 is 0 Å². The Kier molecular flexibility index (Phi) is 2.46. The fourth-order valence-electron chi connectivity index (χ4n) is 2.03. The standard InChI is InChI=1S/C14H20OS/c1-13(2,3)10-11-9(7-8-15-11)16-12(10)14(4,5)6/h7-8H,1-6H3. The molecule has 0 unspecified atom stereocenters. The molecule has 0 N–H and O–H groups in total. The Morgan fingerprint density at radius 3 is 2.12 bits per heavy atom. The van der Waals surface area contributed by atoms with Gasteiger partial charge in [-0.15, -0.1) is 11.3 Å². The first kappa shape index (κ1) is 11.7. The summed E-state index contributed by atoms with van der Waals surface area (Å²) < 4.78 is 6.93. The average molecular weight is 236 g/mol. The molecule has 0 spiro atoms. The van der Waals surface area contributed by atoms with E-state index < -0.39 is 0 Å². The van der Waals surface area contributed by atoms with Crippen molar-refractivity contribution in [1.29, 1.82) is 0 Å². The first-order valence-electron chi connectivity index (χ1n) is 5.72. The molecule has 16 heavy (non-hydrogen) atoms. The summed E-state index contributed by atoms with van der Waals surface area (Å²) in [6, 6.07) is 2.07. The van der Waals surface area contributed by atoms with E-state index >= 15 is 0 Å². The molecular weight excluding hydrogens is 216 g/mol. The Hall–Kier alpha value is -0.760. The summed E-state index contributed by atoms with van der Waals surface area (Å²) in [7, 11) is 0. The maximum absolute atomic E-state index is 5.66. The highest BCUT2D eigenvalue weighted by molar-refractivity contribution is 7.19. The summed E-state index contributed by atoms with van der Waals surface area (Å²) in [5.41, 5.74) is 2.79. The molecule has 1 nitrogen and oxygen atoms in total. The molecule has 0 fully saturated rings. The van der Waals surface area contributed by atoms with Gasteiger partial charge in [-0.2, -0.15) is 0 Å². The Bertz CT molecular complexity index is 503. The predicted molar refractivity (Wildman–Crippen MR) is 71.5 cm³/mol. The fraction of sp³-hybridized carbons (Fsp3) is 0.571. The van der Waals surface area contributed by atoms with E-state index in [0.29, 0.717) is 0 Å². The third-order valence-corrected chi connectivity index (χ3v) is 4.29. The zero-order valence-electron chi connectivity index (χ0n) is 11.0. The topological polar surface area (TPSA) is 13.1 Å². The van der Waals surface area contributed by atoms with Crippen LogP contribution >= 0.6 is 11.3 Å². The molecule has 2 rings (SSSR count). The summed E-state index contributed by atoms with van der Waals surface area (Å²) >= 11 is 1.87. The molecule has 0 aliphatic heterocycles. The summed E-state index contributed by atoms with van der Waals surface area (Å²) in [5, 5.41) is 0. The molecule has 0 aliphatic rings. The average Bonchev–Trinajstić information content (AvgIpc) is 2.53. The van der Waals surface area contributed by atoms with E-state index in [1.165, 1.54) is 15.1 Å². The van der Waals surface area contributed by atoms with Gasteiger partial charge in [0.15, 0.2) is 0 Å². The molecule has 2 heterocycles. The third-order valence-electron chi connectivity index (χ3n) is 2.73. The van der Waals surface area contributed by atoms with E-state index in [-0.39, 0.29) is 10.8 Å². The smallest absolute Gasteiger partial charge is 0.148 e. The summed E-state index contributed by atoms with van der Waals surface area (Å²) in [6.45, 7) is 13.6. The Morgan fingerprint density at radius 2 is 1.62 bits per heavy atom. The SMILES string of the molecule is CC(C)(C)c1sc2ccoc2c1C(C)(C)C. The second kappa shape index (κ2) is 3.36. The Labute approximate surface area is 101 Å². The maximum Gasteiger partial charge on any atom is 0.148 e. The first-order chi connectivity index (χ1) is 7.21. The maximum atomic E-state index is 5.66. The quantitative estimate of drug-likeness (QED) is 0.621. The van der Waals surface area contributed by atoms with Crippen molar-refractivity contribution < 1.29 is 4.42 Å². The van der Waals surface area contributed by atoms with Crippen molar-refractivity contribution in [2.24, 2.45) is 0 Å². The van der Waals surface area contributed by atoms with Crippen LogP contribution in [-0.4, -0.2) is 0 Å². The lowest BCUT2D eigenvalue weighted by atomic mass is 9.80. The van der Waals surface area contributed by atoms with Crippen molar-refractivity contribution in [2.45, 2.75) is 52.4 Å². The van der Waals surface area contributed by atoms with Crippen LogP contribution in [-0.2, 0) is 10.8 Å². The van der Waals surface area contributed by atoms with Gasteiger partial charge in [0.2, 0.25) is 0 Å². The summed E-state index contributed by atoms with van der Waals surface area (Å²) in [4.78, 5) is 1.45. The van der Waals surface area contributed by atoms with Gasteiger partial charge < -0.3 is 4.42 Å². The van der Waals surface area contributed by atoms with Gasteiger partial charge in [0.25, 0.3) is 0 Å². The van der Waals surface area contributed by atoms with E-state index in [4.69, 9.17) is 4.42 Å². The van der Waals surface area contributed by atoms with Gasteiger partial charge in [-0.25, -0.2) is 0 Å². The number of thiophene rings is 1. The highest BCUT2D eigenvalue weighted by atomic mass is 32.1. The molecule has 0 saturated carbocycles. The lowest BCUT2D eigenvalue weighted by molar-refractivity contribution is 0.527. The lowest BCUT2D eigenvalue weighted by Gasteiger charge is -2.25. The minimum atomic E-state index is 0.138. The van der Waals surface area contributed by atoms with Crippen LogP contribution in [0.5, 0.6) is 0 Å². The van der Waals surface area contributed by atoms with Crippen LogP contribution in [0.4, 0.5) is 0 Å². The molecule has 2 heteroatoms. The number of hydrogen-bond acceptors (Lipinski definition) is 2. The number of fused-ring (bicyclic) bond motifs is 1. The van der Waals surface area contributed by atoms with Crippen molar-refractivity contribution in [3.63, 3.8) is 0 Å². The first-order valence-corrected chi connectivity index (χ1v) is 6.54. The molecule has 0 radical (unpaired) electrons. The van der Waals surface area contributed by atoms with Crippen LogP contribution in [0.3, 0.4) is 0 Å².